The number of amides is 3. The van der Waals surface area contributed by atoms with Crippen LogP contribution in [0.25, 0.3) is 0 Å². The molecule has 9 heteroatoms. The van der Waals surface area contributed by atoms with Gasteiger partial charge in [-0.2, -0.15) is 0 Å². The Morgan fingerprint density at radius 3 is 2.19 bits per heavy atom. The average Bonchev–Trinajstić information content (AvgIpc) is 3.40. The van der Waals surface area contributed by atoms with Gasteiger partial charge in [-0.3, -0.25) is 14.4 Å². The minimum absolute atomic E-state index is 0.0908. The zero-order valence-electron chi connectivity index (χ0n) is 28.9. The van der Waals surface area contributed by atoms with Crippen LogP contribution in [0.3, 0.4) is 0 Å². The maximum Gasteiger partial charge on any atom is 0.253 e. The molecular weight excluding hydrogens is 604 g/mol. The van der Waals surface area contributed by atoms with Gasteiger partial charge in [0.25, 0.3) is 5.91 Å². The number of ether oxygens (including phenoxy) is 1. The van der Waals surface area contributed by atoms with E-state index in [1.165, 1.54) is 0 Å². The number of likely N-dealkylation sites (tertiary alicyclic amines) is 1. The Bertz CT molecular complexity index is 1560. The molecule has 4 heterocycles. The van der Waals surface area contributed by atoms with Gasteiger partial charge in [0.05, 0.1) is 30.1 Å². The molecule has 2 fully saturated rings. The van der Waals surface area contributed by atoms with Gasteiger partial charge in [-0.1, -0.05) is 81.8 Å². The van der Waals surface area contributed by atoms with Crippen LogP contribution in [-0.2, 0) is 25.7 Å². The summed E-state index contributed by atoms with van der Waals surface area (Å²) in [6.07, 6.45) is 8.92. The van der Waals surface area contributed by atoms with Gasteiger partial charge in [-0.05, 0) is 56.0 Å². The van der Waals surface area contributed by atoms with Crippen molar-refractivity contribution >= 4 is 29.1 Å². The number of carbonyl (C=O) groups excluding carboxylic acids is 3. The van der Waals surface area contributed by atoms with E-state index in [4.69, 9.17) is 4.74 Å². The molecule has 4 aliphatic rings. The first-order valence-corrected chi connectivity index (χ1v) is 17.7. The summed E-state index contributed by atoms with van der Waals surface area (Å²) in [4.78, 5) is 52.2. The van der Waals surface area contributed by atoms with Crippen LogP contribution in [0.4, 0.5) is 11.4 Å². The van der Waals surface area contributed by atoms with E-state index in [2.05, 4.69) is 18.7 Å². The van der Waals surface area contributed by atoms with E-state index in [0.717, 1.165) is 30.0 Å². The number of anilines is 2. The zero-order chi connectivity index (χ0) is 34.2. The first-order valence-electron chi connectivity index (χ1n) is 17.7. The normalized spacial score (nSPS) is 29.3. The highest BCUT2D eigenvalue weighted by atomic mass is 16.5. The number of rotatable bonds is 11. The van der Waals surface area contributed by atoms with Crippen LogP contribution in [0.5, 0.6) is 0 Å². The largest absolute Gasteiger partial charge is 0.394 e. The van der Waals surface area contributed by atoms with Crippen LogP contribution in [0.2, 0.25) is 0 Å². The molecule has 1 N–H and O–H groups in total. The topological polar surface area (TPSA) is 93.6 Å². The smallest absolute Gasteiger partial charge is 0.253 e. The highest BCUT2D eigenvalue weighted by Gasteiger charge is 2.76. The first-order chi connectivity index (χ1) is 23.2. The molecule has 0 radical (unpaired) electrons. The predicted molar refractivity (Wildman–Crippen MR) is 187 cm³/mol. The van der Waals surface area contributed by atoms with Crippen molar-refractivity contribution in [2.75, 3.05) is 42.6 Å². The van der Waals surface area contributed by atoms with E-state index < -0.39 is 35.1 Å². The second-order valence-corrected chi connectivity index (χ2v) is 13.6. The van der Waals surface area contributed by atoms with Gasteiger partial charge in [-0.25, -0.2) is 0 Å². The van der Waals surface area contributed by atoms with Crippen LogP contribution in [0.1, 0.15) is 53.0 Å². The number of hydrogen-bond donors (Lipinski definition) is 1. The van der Waals surface area contributed by atoms with Crippen molar-refractivity contribution in [3.8, 4) is 0 Å². The third-order valence-electron chi connectivity index (χ3n) is 11.3. The lowest BCUT2D eigenvalue weighted by atomic mass is 9.73. The van der Waals surface area contributed by atoms with Crippen molar-refractivity contribution in [2.24, 2.45) is 17.8 Å². The summed E-state index contributed by atoms with van der Waals surface area (Å²) in [6, 6.07) is 16.1. The summed E-state index contributed by atoms with van der Waals surface area (Å²) < 4.78 is 7.17. The molecule has 7 atom stereocenters. The molecule has 3 amide bonds. The number of fused-ring (bicyclic) bond motifs is 2. The van der Waals surface area contributed by atoms with Crippen molar-refractivity contribution in [1.82, 2.24) is 9.80 Å². The fourth-order valence-electron chi connectivity index (χ4n) is 8.53. The van der Waals surface area contributed by atoms with E-state index in [0.29, 0.717) is 32.5 Å². The Hall–Kier alpha value is -3.95. The minimum Gasteiger partial charge on any atom is -0.394 e. The summed E-state index contributed by atoms with van der Waals surface area (Å²) in [7, 11) is 0. The summed E-state index contributed by atoms with van der Waals surface area (Å²) in [5.74, 6) is -2.59. The van der Waals surface area contributed by atoms with Crippen molar-refractivity contribution in [3.05, 3.63) is 84.5 Å². The van der Waals surface area contributed by atoms with Crippen LogP contribution in [-0.4, -0.2) is 88.7 Å². The summed E-state index contributed by atoms with van der Waals surface area (Å²) in [6.45, 7) is 12.8. The van der Waals surface area contributed by atoms with E-state index in [9.17, 15) is 9.90 Å². The lowest BCUT2D eigenvalue weighted by Gasteiger charge is -2.42. The maximum absolute atomic E-state index is 15.0. The number of aliphatic hydroxyl groups excluding tert-OH is 1. The second kappa shape index (κ2) is 13.5. The van der Waals surface area contributed by atoms with Gasteiger partial charge in [0.1, 0.15) is 11.6 Å². The maximum atomic E-state index is 15.0. The fourth-order valence-corrected chi connectivity index (χ4v) is 8.53. The SMILES string of the molecule is CC[C@H](C)[C@H](CO)N1C(=O)[C@@H]2[C@H]3C(=O)N(Cc4ccccc4)CC=C[C@@]3(CC)O[C@@]23C=CCN(c2ccc(N(CC)CC)cc2)C(=O)C13. The number of benzene rings is 2. The molecule has 1 unspecified atom stereocenters. The van der Waals surface area contributed by atoms with Crippen LogP contribution in [0, 0.1) is 17.8 Å². The highest BCUT2D eigenvalue weighted by Crippen LogP contribution is 2.59. The molecule has 6 rings (SSSR count). The molecule has 0 saturated carbocycles. The zero-order valence-corrected chi connectivity index (χ0v) is 28.9. The molecule has 2 aromatic rings. The number of hydrogen-bond acceptors (Lipinski definition) is 6. The second-order valence-electron chi connectivity index (χ2n) is 13.6. The molecule has 4 aliphatic heterocycles. The monoisotopic (exact) mass is 654 g/mol. The van der Waals surface area contributed by atoms with Crippen LogP contribution < -0.4 is 9.80 Å². The van der Waals surface area contributed by atoms with Gasteiger partial charge in [0.2, 0.25) is 11.8 Å². The van der Waals surface area contributed by atoms with Crippen molar-refractivity contribution < 1.29 is 24.2 Å². The lowest BCUT2D eigenvalue weighted by molar-refractivity contribution is -0.154. The third kappa shape index (κ3) is 5.35. The van der Waals surface area contributed by atoms with Crippen molar-refractivity contribution in [2.45, 2.75) is 77.3 Å². The fraction of sp³-hybridized carbons (Fsp3) is 0.513. The quantitative estimate of drug-likeness (QED) is 0.350. The summed E-state index contributed by atoms with van der Waals surface area (Å²) >= 11 is 0. The van der Waals surface area contributed by atoms with E-state index in [-0.39, 0.29) is 30.2 Å². The predicted octanol–water partition coefficient (Wildman–Crippen LogP) is 4.80. The van der Waals surface area contributed by atoms with Gasteiger partial charge >= 0.3 is 0 Å². The molecule has 2 saturated heterocycles. The van der Waals surface area contributed by atoms with E-state index in [1.54, 1.807) is 14.7 Å². The van der Waals surface area contributed by atoms with Gasteiger partial charge < -0.3 is 29.4 Å². The average molecular weight is 655 g/mol. The number of carbonyl (C=O) groups is 3. The molecule has 0 aliphatic carbocycles. The molecule has 9 nitrogen and oxygen atoms in total. The first kappa shape index (κ1) is 33.9. The number of nitrogens with zero attached hydrogens (tertiary/aromatic N) is 4. The molecule has 48 heavy (non-hydrogen) atoms. The van der Waals surface area contributed by atoms with Crippen molar-refractivity contribution in [1.29, 1.82) is 0 Å². The molecule has 0 bridgehead atoms. The van der Waals surface area contributed by atoms with E-state index >= 15 is 9.59 Å². The molecule has 2 aromatic carbocycles. The standard InChI is InChI=1S/C39H50N4O5/c1-6-27(5)31(26-44)43-34-37(47)42(30-19-17-29(18-20-30)40(8-3)9-4)24-14-22-39(34)33(36(43)46)32-35(45)41(25-28-15-11-10-12-16-28)23-13-21-38(32,7-2)48-39/h10-22,27,31-34,44H,6-9,23-26H2,1-5H3/t27-,31-,32-,33-,34?,38+,39-/m0/s1. The summed E-state index contributed by atoms with van der Waals surface area (Å²) in [5.41, 5.74) is 0.339. The lowest BCUT2D eigenvalue weighted by Crippen LogP contribution is -2.60. The van der Waals surface area contributed by atoms with Gasteiger partial charge in [0.15, 0.2) is 0 Å². The molecular formula is C39H50N4O5. The van der Waals surface area contributed by atoms with Crippen LogP contribution >= 0.6 is 0 Å². The molecule has 0 aromatic heterocycles. The van der Waals surface area contributed by atoms with Gasteiger partial charge in [0, 0.05) is 44.1 Å². The minimum atomic E-state index is -1.39. The Morgan fingerprint density at radius 1 is 0.875 bits per heavy atom. The molecule has 256 valence electrons. The number of aliphatic hydroxyl groups is 1. The van der Waals surface area contributed by atoms with Crippen molar-refractivity contribution in [3.63, 3.8) is 0 Å². The Balaban J connectivity index is 1.46. The van der Waals surface area contributed by atoms with Crippen LogP contribution in [0.15, 0.2) is 78.9 Å². The Morgan fingerprint density at radius 2 is 1.56 bits per heavy atom. The highest BCUT2D eigenvalue weighted by molar-refractivity contribution is 6.06. The Labute approximate surface area is 284 Å². The summed E-state index contributed by atoms with van der Waals surface area (Å²) in [5, 5.41) is 10.8. The Kier molecular flexibility index (Phi) is 9.55. The van der Waals surface area contributed by atoms with E-state index in [1.807, 2.05) is 99.7 Å². The third-order valence-corrected chi connectivity index (χ3v) is 11.3. The van der Waals surface area contributed by atoms with Gasteiger partial charge in [-0.15, -0.1) is 0 Å². The molecule has 1 spiro atoms.